The monoisotopic (exact) mass is 151 g/mol. The van der Waals surface area contributed by atoms with Crippen LogP contribution in [-0.2, 0) is 0 Å². The first kappa shape index (κ1) is 7.48. The standard InChI is InChI=1S/C7H7BClN/c1-4-2-5(8)3-6(9)7(4)10/h2-3H,10H2,1H3. The van der Waals surface area contributed by atoms with E-state index in [0.717, 1.165) is 5.56 Å². The largest absolute Gasteiger partial charge is 0.397 e. The number of nitrogens with two attached hydrogens (primary N) is 1. The summed E-state index contributed by atoms with van der Waals surface area (Å²) >= 11 is 5.71. The van der Waals surface area contributed by atoms with E-state index in [1.807, 2.05) is 6.92 Å². The number of aryl methyl sites for hydroxylation is 1. The molecule has 0 spiro atoms. The van der Waals surface area contributed by atoms with Gasteiger partial charge < -0.3 is 5.73 Å². The Balaban J connectivity index is 3.31. The zero-order chi connectivity index (χ0) is 7.72. The van der Waals surface area contributed by atoms with Crippen molar-refractivity contribution in [2.75, 3.05) is 5.73 Å². The van der Waals surface area contributed by atoms with Crippen LogP contribution >= 0.6 is 11.6 Å². The molecule has 10 heavy (non-hydrogen) atoms. The van der Waals surface area contributed by atoms with Crippen LogP contribution in [0.4, 0.5) is 5.69 Å². The van der Waals surface area contributed by atoms with Crippen LogP contribution in [0.3, 0.4) is 0 Å². The van der Waals surface area contributed by atoms with E-state index < -0.39 is 0 Å². The summed E-state index contributed by atoms with van der Waals surface area (Å²) in [5.74, 6) is 0. The van der Waals surface area contributed by atoms with Crippen molar-refractivity contribution < 1.29 is 0 Å². The summed E-state index contributed by atoms with van der Waals surface area (Å²) in [5.41, 5.74) is 7.74. The Labute approximate surface area is 66.6 Å². The fourth-order valence-electron chi connectivity index (χ4n) is 0.782. The fraction of sp³-hybridized carbons (Fsp3) is 0.143. The van der Waals surface area contributed by atoms with E-state index in [9.17, 15) is 0 Å². The maximum Gasteiger partial charge on any atom is 0.113 e. The van der Waals surface area contributed by atoms with Crippen molar-refractivity contribution in [2.24, 2.45) is 0 Å². The molecule has 0 fully saturated rings. The number of hydrogen-bond donors (Lipinski definition) is 1. The summed E-state index contributed by atoms with van der Waals surface area (Å²) in [6, 6.07) is 3.44. The van der Waals surface area contributed by atoms with Crippen LogP contribution in [0.2, 0.25) is 5.02 Å². The number of hydrogen-bond acceptors (Lipinski definition) is 1. The second kappa shape index (κ2) is 2.55. The summed E-state index contributed by atoms with van der Waals surface area (Å²) in [7, 11) is 5.49. The van der Waals surface area contributed by atoms with Crippen molar-refractivity contribution in [2.45, 2.75) is 6.92 Å². The minimum Gasteiger partial charge on any atom is -0.397 e. The number of nitrogen functional groups attached to an aromatic ring is 1. The maximum absolute atomic E-state index is 5.71. The number of benzene rings is 1. The molecule has 0 aliphatic carbocycles. The first-order chi connectivity index (χ1) is 4.61. The molecule has 0 atom stereocenters. The molecule has 0 saturated heterocycles. The summed E-state index contributed by atoms with van der Waals surface area (Å²) in [5, 5.41) is 0.525. The van der Waals surface area contributed by atoms with Gasteiger partial charge in [-0.2, -0.15) is 0 Å². The molecule has 2 N–H and O–H groups in total. The first-order valence-electron chi connectivity index (χ1n) is 2.92. The van der Waals surface area contributed by atoms with Gasteiger partial charge >= 0.3 is 0 Å². The number of anilines is 1. The lowest BCUT2D eigenvalue weighted by atomic mass is 9.94. The minimum absolute atomic E-state index is 0.525. The van der Waals surface area contributed by atoms with Crippen LogP contribution < -0.4 is 11.2 Å². The number of halogens is 1. The quantitative estimate of drug-likeness (QED) is 0.435. The van der Waals surface area contributed by atoms with Gasteiger partial charge in [-0.15, -0.1) is 0 Å². The molecule has 1 aromatic rings. The Morgan fingerprint density at radius 2 is 2.10 bits per heavy atom. The molecule has 1 aromatic carbocycles. The van der Waals surface area contributed by atoms with Crippen LogP contribution in [0.1, 0.15) is 5.56 Å². The Morgan fingerprint density at radius 1 is 1.50 bits per heavy atom. The molecule has 50 valence electrons. The predicted molar refractivity (Wildman–Crippen MR) is 46.0 cm³/mol. The van der Waals surface area contributed by atoms with E-state index in [1.54, 1.807) is 12.1 Å². The lowest BCUT2D eigenvalue weighted by Crippen LogP contribution is -2.04. The van der Waals surface area contributed by atoms with E-state index in [-0.39, 0.29) is 0 Å². The van der Waals surface area contributed by atoms with Gasteiger partial charge in [0.05, 0.1) is 10.7 Å². The molecule has 0 aliphatic heterocycles. The molecule has 0 aliphatic rings. The van der Waals surface area contributed by atoms with Gasteiger partial charge in [0.15, 0.2) is 0 Å². The lowest BCUT2D eigenvalue weighted by Gasteiger charge is -2.03. The lowest BCUT2D eigenvalue weighted by molar-refractivity contribution is 1.49. The molecule has 0 heterocycles. The van der Waals surface area contributed by atoms with Gasteiger partial charge in [0.1, 0.15) is 7.85 Å². The third-order valence-electron chi connectivity index (χ3n) is 1.36. The minimum atomic E-state index is 0.525. The Morgan fingerprint density at radius 3 is 2.60 bits per heavy atom. The van der Waals surface area contributed by atoms with Crippen molar-refractivity contribution in [1.29, 1.82) is 0 Å². The van der Waals surface area contributed by atoms with Crippen LogP contribution in [-0.4, -0.2) is 7.85 Å². The Kier molecular flexibility index (Phi) is 1.91. The maximum atomic E-state index is 5.71. The van der Waals surface area contributed by atoms with E-state index in [4.69, 9.17) is 25.2 Å². The molecule has 0 saturated carbocycles. The molecule has 1 rings (SSSR count). The third-order valence-corrected chi connectivity index (χ3v) is 1.67. The van der Waals surface area contributed by atoms with Crippen molar-refractivity contribution >= 4 is 30.6 Å². The van der Waals surface area contributed by atoms with Gasteiger partial charge in [0.2, 0.25) is 0 Å². The van der Waals surface area contributed by atoms with Gasteiger partial charge in [-0.25, -0.2) is 0 Å². The second-order valence-corrected chi connectivity index (χ2v) is 2.64. The van der Waals surface area contributed by atoms with Crippen LogP contribution in [0.15, 0.2) is 12.1 Å². The summed E-state index contributed by atoms with van der Waals surface area (Å²) in [6.45, 7) is 1.87. The molecule has 2 radical (unpaired) electrons. The smallest absolute Gasteiger partial charge is 0.113 e. The molecule has 0 amide bonds. The van der Waals surface area contributed by atoms with Crippen LogP contribution in [0, 0.1) is 6.92 Å². The average Bonchev–Trinajstić information content (AvgIpc) is 1.82. The van der Waals surface area contributed by atoms with Gasteiger partial charge in [-0.05, 0) is 18.6 Å². The van der Waals surface area contributed by atoms with E-state index in [0.29, 0.717) is 16.2 Å². The predicted octanol–water partition coefficient (Wildman–Crippen LogP) is 1.02. The van der Waals surface area contributed by atoms with Crippen molar-refractivity contribution in [1.82, 2.24) is 0 Å². The molecule has 0 unspecified atom stereocenters. The summed E-state index contributed by atoms with van der Waals surface area (Å²) in [6.07, 6.45) is 0. The Bertz CT molecular complexity index is 237. The van der Waals surface area contributed by atoms with Gasteiger partial charge in [0.25, 0.3) is 0 Å². The first-order valence-corrected chi connectivity index (χ1v) is 3.30. The summed E-state index contributed by atoms with van der Waals surface area (Å²) in [4.78, 5) is 0. The highest BCUT2D eigenvalue weighted by Gasteiger charge is 1.98. The van der Waals surface area contributed by atoms with Gasteiger partial charge in [0, 0.05) is 0 Å². The second-order valence-electron chi connectivity index (χ2n) is 2.23. The highest BCUT2D eigenvalue weighted by Crippen LogP contribution is 2.19. The van der Waals surface area contributed by atoms with Gasteiger partial charge in [-0.1, -0.05) is 23.1 Å². The SMILES string of the molecule is [B]c1cc(C)c(N)c(Cl)c1. The normalized spacial score (nSPS) is 9.80. The molecule has 0 bridgehead atoms. The highest BCUT2D eigenvalue weighted by atomic mass is 35.5. The number of rotatable bonds is 0. The van der Waals surface area contributed by atoms with Crippen LogP contribution in [0.25, 0.3) is 0 Å². The third kappa shape index (κ3) is 1.27. The molecule has 0 aromatic heterocycles. The van der Waals surface area contributed by atoms with Gasteiger partial charge in [-0.3, -0.25) is 0 Å². The topological polar surface area (TPSA) is 26.0 Å². The molecule has 1 nitrogen and oxygen atoms in total. The van der Waals surface area contributed by atoms with Crippen molar-refractivity contribution in [3.8, 4) is 0 Å². The molecular formula is C7H7BClN. The zero-order valence-corrected chi connectivity index (χ0v) is 6.44. The van der Waals surface area contributed by atoms with Crippen molar-refractivity contribution in [3.63, 3.8) is 0 Å². The zero-order valence-electron chi connectivity index (χ0n) is 5.69. The summed E-state index contributed by atoms with van der Waals surface area (Å²) < 4.78 is 0. The van der Waals surface area contributed by atoms with Crippen LogP contribution in [0.5, 0.6) is 0 Å². The fourth-order valence-corrected chi connectivity index (χ4v) is 1.06. The molecule has 3 heteroatoms. The van der Waals surface area contributed by atoms with E-state index in [1.165, 1.54) is 0 Å². The van der Waals surface area contributed by atoms with E-state index in [2.05, 4.69) is 0 Å². The Hall–Kier alpha value is -0.625. The van der Waals surface area contributed by atoms with E-state index >= 15 is 0 Å². The molecular weight excluding hydrogens is 144 g/mol. The highest BCUT2D eigenvalue weighted by molar-refractivity contribution is 6.37. The average molecular weight is 151 g/mol. The van der Waals surface area contributed by atoms with Crippen molar-refractivity contribution in [3.05, 3.63) is 22.7 Å².